The second-order valence-corrected chi connectivity index (χ2v) is 16.7. The molecule has 0 amide bonds. The third-order valence-electron chi connectivity index (χ3n) is 13.6. The van der Waals surface area contributed by atoms with Crippen molar-refractivity contribution in [3.05, 3.63) is 263 Å². The van der Waals surface area contributed by atoms with Gasteiger partial charge in [-0.15, -0.1) is 0 Å². The molecule has 0 aliphatic heterocycles. The predicted octanol–water partition coefficient (Wildman–Crippen LogP) is 14.0. The standard InChI is InChI=1S/C59H44N2.C2H6/c1-5-20-43(21-6-1)59(44-22-7-2-8-23-44)54-31-17-15-30-50(54)53-40-47(35-38-55(53)59)61-57-39-42(34-36-51(57)52-37-33-41-19-13-14-29-49(41)58(52)61)48-28-16-18-32-56(48)60(45-24-9-3-10-25-45)46-26-11-4-12-27-46;1-2/h1-32,34-41,53,55H,33H2;1-2H3. The minimum absolute atomic E-state index is 0.175. The van der Waals surface area contributed by atoms with Gasteiger partial charge in [0, 0.05) is 51.0 Å². The van der Waals surface area contributed by atoms with Gasteiger partial charge in [0.1, 0.15) is 0 Å². The molecule has 12 rings (SSSR count). The van der Waals surface area contributed by atoms with E-state index < -0.39 is 0 Å². The van der Waals surface area contributed by atoms with Gasteiger partial charge in [-0.05, 0) is 82.3 Å². The van der Waals surface area contributed by atoms with E-state index in [-0.39, 0.29) is 17.3 Å². The molecule has 63 heavy (non-hydrogen) atoms. The molecule has 1 heterocycles. The fraction of sp³-hybridized carbons (Fsp3) is 0.115. The first-order valence-electron chi connectivity index (χ1n) is 22.6. The van der Waals surface area contributed by atoms with Gasteiger partial charge in [-0.25, -0.2) is 0 Å². The molecule has 0 saturated heterocycles. The van der Waals surface area contributed by atoms with Crippen LogP contribution in [0.1, 0.15) is 48.4 Å². The van der Waals surface area contributed by atoms with E-state index in [1.165, 1.54) is 66.1 Å². The maximum atomic E-state index is 2.60. The molecule has 1 aromatic heterocycles. The molecule has 3 unspecified atom stereocenters. The number of allylic oxidation sites excluding steroid dienone is 8. The van der Waals surface area contributed by atoms with Gasteiger partial charge in [-0.1, -0.05) is 208 Å². The Morgan fingerprint density at radius 1 is 0.587 bits per heavy atom. The molecule has 0 spiro atoms. The van der Waals surface area contributed by atoms with Crippen molar-refractivity contribution in [1.82, 2.24) is 4.57 Å². The Morgan fingerprint density at radius 2 is 1.21 bits per heavy atom. The van der Waals surface area contributed by atoms with Crippen LogP contribution in [0.5, 0.6) is 0 Å². The number of hydrogen-bond acceptors (Lipinski definition) is 1. The van der Waals surface area contributed by atoms with Gasteiger partial charge in [0.05, 0.1) is 22.0 Å². The molecule has 4 aliphatic rings. The average Bonchev–Trinajstić information content (AvgIpc) is 3.86. The van der Waals surface area contributed by atoms with E-state index in [4.69, 9.17) is 0 Å². The number of aromatic nitrogens is 1. The zero-order valence-electron chi connectivity index (χ0n) is 35.9. The number of anilines is 3. The van der Waals surface area contributed by atoms with Crippen molar-refractivity contribution in [2.75, 3.05) is 4.90 Å². The number of para-hydroxylation sites is 3. The second kappa shape index (κ2) is 16.1. The third-order valence-corrected chi connectivity index (χ3v) is 13.6. The molecule has 4 aliphatic carbocycles. The Hall–Kier alpha value is -7.42. The van der Waals surface area contributed by atoms with E-state index in [0.29, 0.717) is 5.92 Å². The highest BCUT2D eigenvalue weighted by Crippen LogP contribution is 2.60. The zero-order chi connectivity index (χ0) is 42.3. The van der Waals surface area contributed by atoms with Crippen molar-refractivity contribution in [1.29, 1.82) is 0 Å². The summed E-state index contributed by atoms with van der Waals surface area (Å²) in [4.78, 5) is 2.38. The van der Waals surface area contributed by atoms with Crippen LogP contribution in [0.3, 0.4) is 0 Å². The lowest BCUT2D eigenvalue weighted by atomic mass is 9.63. The fourth-order valence-corrected chi connectivity index (χ4v) is 11.1. The molecule has 3 atom stereocenters. The maximum Gasteiger partial charge on any atom is 0.0575 e. The highest BCUT2D eigenvalue weighted by molar-refractivity contribution is 5.95. The topological polar surface area (TPSA) is 8.17 Å². The van der Waals surface area contributed by atoms with Crippen molar-refractivity contribution >= 4 is 45.3 Å². The predicted molar refractivity (Wildman–Crippen MR) is 266 cm³/mol. The smallest absolute Gasteiger partial charge is 0.0575 e. The average molecular weight is 811 g/mol. The van der Waals surface area contributed by atoms with E-state index in [0.717, 1.165) is 23.5 Å². The lowest BCUT2D eigenvalue weighted by Crippen LogP contribution is -2.37. The summed E-state index contributed by atoms with van der Waals surface area (Å²) in [6.07, 6.45) is 20.2. The number of fused-ring (bicyclic) bond motifs is 7. The first-order chi connectivity index (χ1) is 31.3. The second-order valence-electron chi connectivity index (χ2n) is 16.7. The molecule has 0 fully saturated rings. The monoisotopic (exact) mass is 810 g/mol. The van der Waals surface area contributed by atoms with Gasteiger partial charge in [0.25, 0.3) is 0 Å². The van der Waals surface area contributed by atoms with E-state index in [2.05, 4.69) is 246 Å². The van der Waals surface area contributed by atoms with Crippen LogP contribution in [-0.2, 0) is 5.41 Å². The van der Waals surface area contributed by atoms with Crippen LogP contribution in [0.4, 0.5) is 17.1 Å². The molecule has 0 saturated carbocycles. The van der Waals surface area contributed by atoms with Crippen LogP contribution in [-0.4, -0.2) is 4.57 Å². The van der Waals surface area contributed by atoms with Gasteiger partial charge in [-0.2, -0.15) is 0 Å². The van der Waals surface area contributed by atoms with Gasteiger partial charge in [0.2, 0.25) is 0 Å². The lowest BCUT2D eigenvalue weighted by Gasteiger charge is -2.39. The van der Waals surface area contributed by atoms with Crippen molar-refractivity contribution in [3.63, 3.8) is 0 Å². The SMILES string of the molecule is C1=CC2=c3c(c4ccc(-c5ccccc5N(c5ccccc5)c5ccccc5)cc4n3C3=CC4c5ccccc5C(c5ccccc5)(c5ccccc5)C4C=C3)=CCC2C=C1.CC. The first-order valence-corrected chi connectivity index (χ1v) is 22.6. The third kappa shape index (κ3) is 6.15. The molecule has 2 heteroatoms. The van der Waals surface area contributed by atoms with Crippen LogP contribution >= 0.6 is 0 Å². The fourth-order valence-electron chi connectivity index (χ4n) is 11.1. The van der Waals surface area contributed by atoms with Crippen LogP contribution in [0.25, 0.3) is 39.4 Å². The van der Waals surface area contributed by atoms with Crippen molar-refractivity contribution in [2.24, 2.45) is 11.8 Å². The summed E-state index contributed by atoms with van der Waals surface area (Å²) in [7, 11) is 0. The molecule has 0 bridgehead atoms. The molecule has 7 aromatic carbocycles. The van der Waals surface area contributed by atoms with Crippen molar-refractivity contribution < 1.29 is 0 Å². The zero-order valence-corrected chi connectivity index (χ0v) is 35.9. The summed E-state index contributed by atoms with van der Waals surface area (Å²) in [6, 6.07) is 69.1. The van der Waals surface area contributed by atoms with Crippen LogP contribution in [0.15, 0.2) is 231 Å². The number of hydrogen-bond donors (Lipinski definition) is 0. The minimum atomic E-state index is -0.328. The number of nitrogens with zero attached hydrogens (tertiary/aromatic N) is 2. The minimum Gasteiger partial charge on any atom is -0.310 e. The largest absolute Gasteiger partial charge is 0.310 e. The molecule has 8 aromatic rings. The highest BCUT2D eigenvalue weighted by Gasteiger charge is 2.53. The van der Waals surface area contributed by atoms with Crippen molar-refractivity contribution in [3.8, 4) is 11.1 Å². The summed E-state index contributed by atoms with van der Waals surface area (Å²) >= 11 is 0. The van der Waals surface area contributed by atoms with E-state index in [1.54, 1.807) is 0 Å². The van der Waals surface area contributed by atoms with Crippen molar-refractivity contribution in [2.45, 2.75) is 31.6 Å². The highest BCUT2D eigenvalue weighted by atomic mass is 15.1. The first kappa shape index (κ1) is 38.5. The summed E-state index contributed by atoms with van der Waals surface area (Å²) in [5.41, 5.74) is 14.8. The molecule has 0 radical (unpaired) electrons. The quantitative estimate of drug-likeness (QED) is 0.156. The lowest BCUT2D eigenvalue weighted by molar-refractivity contribution is 0.456. The Labute approximate surface area is 371 Å². The molecular formula is C61H50N2. The summed E-state index contributed by atoms with van der Waals surface area (Å²) in [5.74, 6) is 0.724. The van der Waals surface area contributed by atoms with E-state index in [1.807, 2.05) is 13.8 Å². The van der Waals surface area contributed by atoms with Crippen LogP contribution in [0.2, 0.25) is 0 Å². The molecule has 0 N–H and O–H groups in total. The van der Waals surface area contributed by atoms with E-state index in [9.17, 15) is 0 Å². The van der Waals surface area contributed by atoms with Gasteiger partial charge in [-0.3, -0.25) is 0 Å². The van der Waals surface area contributed by atoms with Gasteiger partial charge in [0.15, 0.2) is 0 Å². The Morgan fingerprint density at radius 3 is 1.90 bits per heavy atom. The normalized spacial score (nSPS) is 18.5. The van der Waals surface area contributed by atoms with Gasteiger partial charge >= 0.3 is 0 Å². The number of benzene rings is 7. The van der Waals surface area contributed by atoms with Crippen LogP contribution in [0, 0.1) is 11.8 Å². The Balaban J connectivity index is 0.00000219. The van der Waals surface area contributed by atoms with Crippen LogP contribution < -0.4 is 15.5 Å². The summed E-state index contributed by atoms with van der Waals surface area (Å²) in [6.45, 7) is 4.00. The maximum absolute atomic E-state index is 2.60. The molecule has 2 nitrogen and oxygen atoms in total. The van der Waals surface area contributed by atoms with Gasteiger partial charge < -0.3 is 9.47 Å². The van der Waals surface area contributed by atoms with E-state index >= 15 is 0 Å². The summed E-state index contributed by atoms with van der Waals surface area (Å²) < 4.78 is 2.60. The molecule has 304 valence electrons. The number of rotatable bonds is 7. The Bertz CT molecular complexity index is 3140. The molecular weight excluding hydrogens is 761 g/mol. The summed E-state index contributed by atoms with van der Waals surface area (Å²) in [5, 5.41) is 3.94. The Kier molecular flexibility index (Phi) is 9.85.